The van der Waals surface area contributed by atoms with Crippen molar-refractivity contribution in [2.75, 3.05) is 7.11 Å². The molecular weight excluding hydrogens is 252 g/mol. The molecule has 3 aromatic rings. The number of para-hydroxylation sites is 1. The third kappa shape index (κ3) is 1.77. The predicted octanol–water partition coefficient (Wildman–Crippen LogP) is 3.12. The third-order valence-electron chi connectivity index (χ3n) is 3.38. The number of hydrogen-bond donors (Lipinski definition) is 0. The molecule has 0 radical (unpaired) electrons. The van der Waals surface area contributed by atoms with E-state index in [-0.39, 0.29) is 5.97 Å². The molecule has 1 aromatic carbocycles. The van der Waals surface area contributed by atoms with Gasteiger partial charge in [-0.1, -0.05) is 24.3 Å². The predicted molar refractivity (Wildman–Crippen MR) is 77.1 cm³/mol. The molecule has 0 aliphatic rings. The molecule has 20 heavy (non-hydrogen) atoms. The van der Waals surface area contributed by atoms with Gasteiger partial charge in [-0.15, -0.1) is 0 Å². The Labute approximate surface area is 116 Å². The van der Waals surface area contributed by atoms with Crippen molar-refractivity contribution in [3.05, 3.63) is 59.9 Å². The Kier molecular flexibility index (Phi) is 2.99. The largest absolute Gasteiger partial charge is 0.465 e. The average Bonchev–Trinajstić information content (AvgIpc) is 2.79. The second-order valence-corrected chi connectivity index (χ2v) is 4.49. The molecule has 0 saturated heterocycles. The van der Waals surface area contributed by atoms with Crippen LogP contribution >= 0.6 is 0 Å². The Morgan fingerprint density at radius 3 is 2.60 bits per heavy atom. The molecule has 2 aromatic heterocycles. The number of benzene rings is 1. The van der Waals surface area contributed by atoms with E-state index >= 15 is 0 Å². The quantitative estimate of drug-likeness (QED) is 0.669. The van der Waals surface area contributed by atoms with E-state index in [1.54, 1.807) is 6.20 Å². The molecule has 0 fully saturated rings. The van der Waals surface area contributed by atoms with Crippen LogP contribution < -0.4 is 0 Å². The summed E-state index contributed by atoms with van der Waals surface area (Å²) < 4.78 is 6.88. The van der Waals surface area contributed by atoms with Crippen molar-refractivity contribution in [1.82, 2.24) is 9.55 Å². The molecule has 0 spiro atoms. The molecular formula is C16H14N2O2. The lowest BCUT2D eigenvalue weighted by atomic mass is 10.1. The van der Waals surface area contributed by atoms with Crippen molar-refractivity contribution in [1.29, 1.82) is 0 Å². The fraction of sp³-hybridized carbons (Fsp3) is 0.125. The van der Waals surface area contributed by atoms with Gasteiger partial charge in [0.15, 0.2) is 0 Å². The second kappa shape index (κ2) is 4.81. The van der Waals surface area contributed by atoms with Gasteiger partial charge in [0.05, 0.1) is 18.2 Å². The molecule has 0 N–H and O–H groups in total. The first-order valence-corrected chi connectivity index (χ1v) is 6.34. The number of hydrogen-bond acceptors (Lipinski definition) is 3. The van der Waals surface area contributed by atoms with Crippen LogP contribution in [0.4, 0.5) is 0 Å². The Hall–Kier alpha value is -2.62. The van der Waals surface area contributed by atoms with E-state index in [0.29, 0.717) is 5.56 Å². The Bertz CT molecular complexity index is 776. The number of ether oxygens (including phenoxy) is 1. The van der Waals surface area contributed by atoms with Gasteiger partial charge in [-0.3, -0.25) is 4.57 Å². The summed E-state index contributed by atoms with van der Waals surface area (Å²) in [5, 5.41) is 0.877. The number of carbonyl (C=O) groups is 1. The fourth-order valence-electron chi connectivity index (χ4n) is 2.51. The number of esters is 1. The van der Waals surface area contributed by atoms with E-state index in [9.17, 15) is 4.79 Å². The molecule has 0 unspecified atom stereocenters. The first kappa shape index (κ1) is 12.4. The monoisotopic (exact) mass is 266 g/mol. The van der Waals surface area contributed by atoms with Gasteiger partial charge in [0.1, 0.15) is 5.82 Å². The Morgan fingerprint density at radius 1 is 1.15 bits per heavy atom. The summed E-state index contributed by atoms with van der Waals surface area (Å²) >= 11 is 0. The lowest BCUT2D eigenvalue weighted by molar-refractivity contribution is 0.0602. The van der Waals surface area contributed by atoms with Gasteiger partial charge in [-0.2, -0.15) is 0 Å². The lowest BCUT2D eigenvalue weighted by Crippen LogP contribution is -2.05. The summed E-state index contributed by atoms with van der Waals surface area (Å²) in [6.07, 6.45) is 1.74. The number of carbonyl (C=O) groups excluding carboxylic acids is 1. The number of nitrogens with zero attached hydrogens (tertiary/aromatic N) is 2. The van der Waals surface area contributed by atoms with Crippen molar-refractivity contribution in [2.24, 2.45) is 0 Å². The summed E-state index contributed by atoms with van der Waals surface area (Å²) in [7, 11) is 1.40. The van der Waals surface area contributed by atoms with Crippen molar-refractivity contribution in [3.63, 3.8) is 0 Å². The molecule has 0 bridgehead atoms. The van der Waals surface area contributed by atoms with Crippen LogP contribution in [0.1, 0.15) is 16.1 Å². The standard InChI is InChI=1S/C16H14N2O2/c1-11-15(16(19)20-2)12-7-3-4-8-13(12)18(11)14-9-5-6-10-17-14/h3-10H,1-2H3. The molecule has 4 nitrogen and oxygen atoms in total. The Morgan fingerprint density at radius 2 is 1.90 bits per heavy atom. The van der Waals surface area contributed by atoms with Gasteiger partial charge in [0, 0.05) is 17.3 Å². The molecule has 4 heteroatoms. The van der Waals surface area contributed by atoms with E-state index < -0.39 is 0 Å². The molecule has 0 atom stereocenters. The van der Waals surface area contributed by atoms with Crippen molar-refractivity contribution >= 4 is 16.9 Å². The smallest absolute Gasteiger partial charge is 0.340 e. The lowest BCUT2D eigenvalue weighted by Gasteiger charge is -2.06. The normalized spacial score (nSPS) is 10.7. The number of rotatable bonds is 2. The number of pyridine rings is 1. The number of fused-ring (bicyclic) bond motifs is 1. The van der Waals surface area contributed by atoms with Gasteiger partial charge >= 0.3 is 5.97 Å². The zero-order chi connectivity index (χ0) is 14.1. The highest BCUT2D eigenvalue weighted by molar-refractivity contribution is 6.06. The minimum Gasteiger partial charge on any atom is -0.465 e. The van der Waals surface area contributed by atoms with Crippen LogP contribution in [0.5, 0.6) is 0 Å². The third-order valence-corrected chi connectivity index (χ3v) is 3.38. The van der Waals surface area contributed by atoms with Crippen LogP contribution in [-0.4, -0.2) is 22.6 Å². The molecule has 2 heterocycles. The molecule has 0 aliphatic heterocycles. The van der Waals surface area contributed by atoms with Crippen molar-refractivity contribution < 1.29 is 9.53 Å². The van der Waals surface area contributed by atoms with E-state index in [0.717, 1.165) is 22.4 Å². The Balaban J connectivity index is 2.39. The summed E-state index contributed by atoms with van der Waals surface area (Å²) in [4.78, 5) is 16.4. The fourth-order valence-corrected chi connectivity index (χ4v) is 2.51. The van der Waals surface area contributed by atoms with Gasteiger partial charge in [0.25, 0.3) is 0 Å². The first-order chi connectivity index (χ1) is 9.74. The second-order valence-electron chi connectivity index (χ2n) is 4.49. The SMILES string of the molecule is COC(=O)c1c(C)n(-c2ccccn2)c2ccccc12. The zero-order valence-electron chi connectivity index (χ0n) is 11.3. The molecule has 0 aliphatic carbocycles. The number of methoxy groups -OCH3 is 1. The summed E-state index contributed by atoms with van der Waals surface area (Å²) in [5.41, 5.74) is 2.37. The van der Waals surface area contributed by atoms with Gasteiger partial charge in [-0.25, -0.2) is 9.78 Å². The van der Waals surface area contributed by atoms with Gasteiger partial charge < -0.3 is 4.74 Å². The zero-order valence-corrected chi connectivity index (χ0v) is 11.3. The highest BCUT2D eigenvalue weighted by Gasteiger charge is 2.21. The average molecular weight is 266 g/mol. The topological polar surface area (TPSA) is 44.1 Å². The van der Waals surface area contributed by atoms with Crippen LogP contribution in [-0.2, 0) is 4.74 Å². The number of aromatic nitrogens is 2. The van der Waals surface area contributed by atoms with Crippen molar-refractivity contribution in [3.8, 4) is 5.82 Å². The van der Waals surface area contributed by atoms with Crippen LogP contribution in [0.3, 0.4) is 0 Å². The first-order valence-electron chi connectivity index (χ1n) is 6.34. The van der Waals surface area contributed by atoms with E-state index in [2.05, 4.69) is 4.98 Å². The molecule has 100 valence electrons. The molecule has 0 saturated carbocycles. The van der Waals surface area contributed by atoms with Crippen LogP contribution in [0.25, 0.3) is 16.7 Å². The van der Waals surface area contributed by atoms with Gasteiger partial charge in [-0.05, 0) is 25.1 Å². The summed E-state index contributed by atoms with van der Waals surface area (Å²) in [5.74, 6) is 0.463. The summed E-state index contributed by atoms with van der Waals surface area (Å²) in [6.45, 7) is 1.90. The van der Waals surface area contributed by atoms with Crippen LogP contribution in [0.2, 0.25) is 0 Å². The summed E-state index contributed by atoms with van der Waals surface area (Å²) in [6, 6.07) is 13.5. The molecule has 0 amide bonds. The van der Waals surface area contributed by atoms with E-state index in [4.69, 9.17) is 4.74 Å². The maximum absolute atomic E-state index is 12.0. The minimum atomic E-state index is -0.326. The van der Waals surface area contributed by atoms with Crippen LogP contribution in [0, 0.1) is 6.92 Å². The molecule has 3 rings (SSSR count). The van der Waals surface area contributed by atoms with E-state index in [1.165, 1.54) is 7.11 Å². The van der Waals surface area contributed by atoms with Gasteiger partial charge in [0.2, 0.25) is 0 Å². The van der Waals surface area contributed by atoms with E-state index in [1.807, 2.05) is 54.0 Å². The maximum atomic E-state index is 12.0. The van der Waals surface area contributed by atoms with Crippen molar-refractivity contribution in [2.45, 2.75) is 6.92 Å². The maximum Gasteiger partial charge on any atom is 0.340 e. The highest BCUT2D eigenvalue weighted by Crippen LogP contribution is 2.28. The highest BCUT2D eigenvalue weighted by atomic mass is 16.5. The minimum absolute atomic E-state index is 0.326. The van der Waals surface area contributed by atoms with Crippen LogP contribution in [0.15, 0.2) is 48.7 Å².